The lowest BCUT2D eigenvalue weighted by atomic mass is 10.0. The second-order valence-electron chi connectivity index (χ2n) is 5.73. The van der Waals surface area contributed by atoms with Crippen LogP contribution in [0.25, 0.3) is 0 Å². The minimum absolute atomic E-state index is 0.135. The van der Waals surface area contributed by atoms with Crippen molar-refractivity contribution in [1.29, 1.82) is 0 Å². The van der Waals surface area contributed by atoms with E-state index in [4.69, 9.17) is 0 Å². The van der Waals surface area contributed by atoms with Crippen LogP contribution in [0.4, 0.5) is 5.69 Å². The Morgan fingerprint density at radius 3 is 2.76 bits per heavy atom. The van der Waals surface area contributed by atoms with Gasteiger partial charge < -0.3 is 10.6 Å². The summed E-state index contributed by atoms with van der Waals surface area (Å²) in [4.78, 5) is 14.5. The molecule has 1 aliphatic heterocycles. The number of carbonyl (C=O) groups excluding carboxylic acids is 1. The molecular formula is C17H27N3O. The summed E-state index contributed by atoms with van der Waals surface area (Å²) in [7, 11) is 0. The van der Waals surface area contributed by atoms with Gasteiger partial charge in [-0.15, -0.1) is 0 Å². The van der Waals surface area contributed by atoms with Gasteiger partial charge in [0, 0.05) is 18.7 Å². The molecule has 0 radical (unpaired) electrons. The number of rotatable bonds is 7. The summed E-state index contributed by atoms with van der Waals surface area (Å²) < 4.78 is 0. The normalized spacial score (nSPS) is 18.1. The van der Waals surface area contributed by atoms with Crippen LogP contribution in [0, 0.1) is 5.92 Å². The fourth-order valence-corrected chi connectivity index (χ4v) is 2.82. The van der Waals surface area contributed by atoms with Gasteiger partial charge in [-0.3, -0.25) is 9.69 Å². The molecule has 0 aliphatic carbocycles. The maximum atomic E-state index is 12.2. The lowest BCUT2D eigenvalue weighted by Crippen LogP contribution is -2.24. The highest BCUT2D eigenvalue weighted by atomic mass is 16.1. The van der Waals surface area contributed by atoms with Gasteiger partial charge in [0.25, 0.3) is 0 Å². The zero-order chi connectivity index (χ0) is 15.1. The molecule has 0 spiro atoms. The number of amides is 1. The van der Waals surface area contributed by atoms with Crippen molar-refractivity contribution in [3.05, 3.63) is 29.8 Å². The van der Waals surface area contributed by atoms with Crippen molar-refractivity contribution < 1.29 is 4.79 Å². The number of carbonyl (C=O) groups is 1. The van der Waals surface area contributed by atoms with E-state index in [0.717, 1.165) is 44.8 Å². The molecule has 1 heterocycles. The van der Waals surface area contributed by atoms with E-state index in [1.165, 1.54) is 5.56 Å². The van der Waals surface area contributed by atoms with Gasteiger partial charge in [0.2, 0.25) is 5.91 Å². The van der Waals surface area contributed by atoms with E-state index in [-0.39, 0.29) is 5.91 Å². The van der Waals surface area contributed by atoms with E-state index in [9.17, 15) is 4.79 Å². The van der Waals surface area contributed by atoms with Crippen LogP contribution in [0.3, 0.4) is 0 Å². The number of para-hydroxylation sites is 1. The third kappa shape index (κ3) is 4.83. The molecule has 2 rings (SSSR count). The molecule has 1 fully saturated rings. The largest absolute Gasteiger partial charge is 0.326 e. The number of nitrogens with one attached hydrogen (secondary N) is 2. The van der Waals surface area contributed by atoms with Gasteiger partial charge in [-0.05, 0) is 50.1 Å². The SMILES string of the molecule is CCN(CC)Cc1ccccc1NC(=O)CC1CCNC1. The van der Waals surface area contributed by atoms with Crippen molar-refractivity contribution >= 4 is 11.6 Å². The Labute approximate surface area is 127 Å². The van der Waals surface area contributed by atoms with Crippen LogP contribution in [-0.4, -0.2) is 37.0 Å². The van der Waals surface area contributed by atoms with Crippen molar-refractivity contribution in [2.45, 2.75) is 33.2 Å². The number of hydrogen-bond acceptors (Lipinski definition) is 3. The highest BCUT2D eigenvalue weighted by molar-refractivity contribution is 5.91. The summed E-state index contributed by atoms with van der Waals surface area (Å²) in [5.41, 5.74) is 2.15. The number of benzene rings is 1. The lowest BCUT2D eigenvalue weighted by molar-refractivity contribution is -0.116. The van der Waals surface area contributed by atoms with Crippen LogP contribution in [0.1, 0.15) is 32.3 Å². The minimum atomic E-state index is 0.135. The Morgan fingerprint density at radius 1 is 1.33 bits per heavy atom. The molecule has 1 saturated heterocycles. The highest BCUT2D eigenvalue weighted by Gasteiger charge is 2.18. The van der Waals surface area contributed by atoms with E-state index in [2.05, 4.69) is 35.4 Å². The molecule has 1 aromatic rings. The Balaban J connectivity index is 1.96. The predicted molar refractivity (Wildman–Crippen MR) is 87.3 cm³/mol. The van der Waals surface area contributed by atoms with E-state index in [1.807, 2.05) is 18.2 Å². The molecule has 1 atom stereocenters. The number of anilines is 1. The molecule has 116 valence electrons. The highest BCUT2D eigenvalue weighted by Crippen LogP contribution is 2.19. The average molecular weight is 289 g/mol. The maximum absolute atomic E-state index is 12.2. The molecule has 1 aliphatic rings. The predicted octanol–water partition coefficient (Wildman–Crippen LogP) is 2.47. The summed E-state index contributed by atoms with van der Waals surface area (Å²) in [5, 5.41) is 6.41. The van der Waals surface area contributed by atoms with Crippen molar-refractivity contribution in [1.82, 2.24) is 10.2 Å². The molecular weight excluding hydrogens is 262 g/mol. The second-order valence-corrected chi connectivity index (χ2v) is 5.73. The molecule has 0 saturated carbocycles. The molecule has 0 aromatic heterocycles. The summed E-state index contributed by atoms with van der Waals surface area (Å²) in [5.74, 6) is 0.621. The van der Waals surface area contributed by atoms with E-state index in [1.54, 1.807) is 0 Å². The summed E-state index contributed by atoms with van der Waals surface area (Å²) in [6, 6.07) is 8.13. The van der Waals surface area contributed by atoms with Gasteiger partial charge in [0.15, 0.2) is 0 Å². The van der Waals surface area contributed by atoms with Crippen LogP contribution in [0.2, 0.25) is 0 Å². The van der Waals surface area contributed by atoms with Crippen LogP contribution in [-0.2, 0) is 11.3 Å². The first kappa shape index (κ1) is 16.0. The van der Waals surface area contributed by atoms with E-state index < -0.39 is 0 Å². The molecule has 0 bridgehead atoms. The molecule has 1 amide bonds. The Bertz CT molecular complexity index is 451. The van der Waals surface area contributed by atoms with Crippen molar-refractivity contribution in [3.8, 4) is 0 Å². The Hall–Kier alpha value is -1.39. The third-order valence-corrected chi connectivity index (χ3v) is 4.22. The van der Waals surface area contributed by atoms with Crippen LogP contribution in [0.5, 0.6) is 0 Å². The third-order valence-electron chi connectivity index (χ3n) is 4.22. The summed E-state index contributed by atoms with van der Waals surface area (Å²) >= 11 is 0. The van der Waals surface area contributed by atoms with Crippen molar-refractivity contribution in [2.24, 2.45) is 5.92 Å². The van der Waals surface area contributed by atoms with Gasteiger partial charge in [-0.25, -0.2) is 0 Å². The Morgan fingerprint density at radius 2 is 2.10 bits per heavy atom. The minimum Gasteiger partial charge on any atom is -0.326 e. The van der Waals surface area contributed by atoms with Crippen LogP contribution < -0.4 is 10.6 Å². The maximum Gasteiger partial charge on any atom is 0.224 e. The number of hydrogen-bond donors (Lipinski definition) is 2. The Kier molecular flexibility index (Phi) is 6.21. The zero-order valence-corrected chi connectivity index (χ0v) is 13.2. The molecule has 21 heavy (non-hydrogen) atoms. The monoisotopic (exact) mass is 289 g/mol. The average Bonchev–Trinajstić information content (AvgIpc) is 2.99. The van der Waals surface area contributed by atoms with Crippen LogP contribution in [0.15, 0.2) is 24.3 Å². The molecule has 1 unspecified atom stereocenters. The lowest BCUT2D eigenvalue weighted by Gasteiger charge is -2.20. The van der Waals surface area contributed by atoms with Crippen molar-refractivity contribution in [2.75, 3.05) is 31.5 Å². The second kappa shape index (κ2) is 8.15. The fraction of sp³-hybridized carbons (Fsp3) is 0.588. The van der Waals surface area contributed by atoms with E-state index in [0.29, 0.717) is 12.3 Å². The van der Waals surface area contributed by atoms with Gasteiger partial charge >= 0.3 is 0 Å². The first-order valence-electron chi connectivity index (χ1n) is 8.03. The van der Waals surface area contributed by atoms with Gasteiger partial charge in [0.1, 0.15) is 0 Å². The van der Waals surface area contributed by atoms with Crippen molar-refractivity contribution in [3.63, 3.8) is 0 Å². The van der Waals surface area contributed by atoms with Gasteiger partial charge in [-0.1, -0.05) is 32.0 Å². The first-order chi connectivity index (χ1) is 10.2. The number of nitrogens with zero attached hydrogens (tertiary/aromatic N) is 1. The van der Waals surface area contributed by atoms with Gasteiger partial charge in [-0.2, -0.15) is 0 Å². The van der Waals surface area contributed by atoms with Crippen LogP contribution >= 0.6 is 0 Å². The molecule has 4 nitrogen and oxygen atoms in total. The fourth-order valence-electron chi connectivity index (χ4n) is 2.82. The zero-order valence-electron chi connectivity index (χ0n) is 13.2. The van der Waals surface area contributed by atoms with E-state index >= 15 is 0 Å². The van der Waals surface area contributed by atoms with Gasteiger partial charge in [0.05, 0.1) is 0 Å². The smallest absolute Gasteiger partial charge is 0.224 e. The summed E-state index contributed by atoms with van der Waals surface area (Å²) in [6.45, 7) is 9.26. The molecule has 4 heteroatoms. The molecule has 1 aromatic carbocycles. The summed E-state index contributed by atoms with van der Waals surface area (Å²) in [6.07, 6.45) is 1.72. The topological polar surface area (TPSA) is 44.4 Å². The molecule has 2 N–H and O–H groups in total. The quantitative estimate of drug-likeness (QED) is 0.810. The first-order valence-corrected chi connectivity index (χ1v) is 8.03. The standard InChI is InChI=1S/C17H27N3O/c1-3-20(4-2)13-15-7-5-6-8-16(15)19-17(21)11-14-9-10-18-12-14/h5-8,14,18H,3-4,9-13H2,1-2H3,(H,19,21).